The molecule has 0 aliphatic heterocycles. The van der Waals surface area contributed by atoms with Crippen LogP contribution in [0.15, 0.2) is 6.20 Å². The second-order valence-electron chi connectivity index (χ2n) is 5.16. The number of hydrogen-bond donors (Lipinski definition) is 2. The van der Waals surface area contributed by atoms with Crippen molar-refractivity contribution < 1.29 is 0 Å². The van der Waals surface area contributed by atoms with Crippen molar-refractivity contribution in [3.63, 3.8) is 0 Å². The Morgan fingerprint density at radius 3 is 2.53 bits per heavy atom. The number of nitrogens with one attached hydrogen (secondary N) is 1. The van der Waals surface area contributed by atoms with Gasteiger partial charge in [0.1, 0.15) is 5.02 Å². The molecule has 1 aromatic rings. The highest BCUT2D eigenvalue weighted by molar-refractivity contribution is 6.32. The second kappa shape index (κ2) is 5.06. The number of nitrogens with two attached hydrogens (primary N) is 1. The van der Waals surface area contributed by atoms with Crippen molar-refractivity contribution in [2.75, 3.05) is 17.4 Å². The molecule has 1 heterocycles. The van der Waals surface area contributed by atoms with Gasteiger partial charge in [-0.1, -0.05) is 32.4 Å². The summed E-state index contributed by atoms with van der Waals surface area (Å²) in [7, 11) is 1.96. The molecule has 0 saturated heterocycles. The van der Waals surface area contributed by atoms with Gasteiger partial charge >= 0.3 is 0 Å². The summed E-state index contributed by atoms with van der Waals surface area (Å²) < 4.78 is 0. The van der Waals surface area contributed by atoms with Crippen molar-refractivity contribution in [1.29, 1.82) is 0 Å². The highest BCUT2D eigenvalue weighted by Gasteiger charge is 2.26. The molecular weight excluding hydrogens is 238 g/mol. The maximum absolute atomic E-state index is 6.11. The molecule has 1 rings (SSSR count). The van der Waals surface area contributed by atoms with Crippen LogP contribution in [0.5, 0.6) is 0 Å². The van der Waals surface area contributed by atoms with Gasteiger partial charge in [0.15, 0.2) is 5.82 Å². The van der Waals surface area contributed by atoms with Crippen LogP contribution in [0.4, 0.5) is 11.8 Å². The Morgan fingerprint density at radius 2 is 2.06 bits per heavy atom. The van der Waals surface area contributed by atoms with E-state index in [2.05, 4.69) is 43.1 Å². The molecule has 0 aromatic carbocycles. The molecule has 96 valence electrons. The van der Waals surface area contributed by atoms with Gasteiger partial charge < -0.3 is 4.90 Å². The number of rotatable bonds is 3. The number of hydrazine groups is 1. The number of nitrogen functional groups attached to an aromatic ring is 1. The Kier molecular flexibility index (Phi) is 4.16. The fraction of sp³-hybridized carbons (Fsp3) is 0.636. The van der Waals surface area contributed by atoms with Gasteiger partial charge in [-0.15, -0.1) is 0 Å². The minimum atomic E-state index is 0.124. The van der Waals surface area contributed by atoms with Crippen molar-refractivity contribution in [1.82, 2.24) is 9.97 Å². The third-order valence-corrected chi connectivity index (χ3v) is 3.29. The molecule has 1 aromatic heterocycles. The molecule has 6 heteroatoms. The second-order valence-corrected chi connectivity index (χ2v) is 5.57. The van der Waals surface area contributed by atoms with Crippen molar-refractivity contribution in [3.05, 3.63) is 11.2 Å². The van der Waals surface area contributed by atoms with Crippen molar-refractivity contribution in [2.45, 2.75) is 33.7 Å². The minimum absolute atomic E-state index is 0.124. The van der Waals surface area contributed by atoms with E-state index in [0.29, 0.717) is 16.8 Å². The van der Waals surface area contributed by atoms with Gasteiger partial charge in [0.2, 0.25) is 5.95 Å². The van der Waals surface area contributed by atoms with Crippen molar-refractivity contribution in [2.24, 2.45) is 11.3 Å². The third-order valence-electron chi connectivity index (χ3n) is 3.02. The van der Waals surface area contributed by atoms with Crippen molar-refractivity contribution in [3.8, 4) is 0 Å². The van der Waals surface area contributed by atoms with Gasteiger partial charge in [0.25, 0.3) is 0 Å². The summed E-state index contributed by atoms with van der Waals surface area (Å²) in [5, 5.41) is 0.516. The van der Waals surface area contributed by atoms with Gasteiger partial charge in [-0.2, -0.15) is 4.98 Å². The lowest BCUT2D eigenvalue weighted by Crippen LogP contribution is -2.40. The van der Waals surface area contributed by atoms with E-state index in [9.17, 15) is 0 Å². The van der Waals surface area contributed by atoms with Crippen LogP contribution >= 0.6 is 11.6 Å². The topological polar surface area (TPSA) is 67.1 Å². The maximum atomic E-state index is 6.11. The minimum Gasteiger partial charge on any atom is -0.355 e. The van der Waals surface area contributed by atoms with Gasteiger partial charge in [-0.3, -0.25) is 5.43 Å². The predicted molar refractivity (Wildman–Crippen MR) is 72.2 cm³/mol. The molecule has 0 amide bonds. The van der Waals surface area contributed by atoms with Gasteiger partial charge in [-0.25, -0.2) is 10.8 Å². The molecule has 0 saturated carbocycles. The van der Waals surface area contributed by atoms with E-state index in [4.69, 9.17) is 17.4 Å². The molecule has 0 fully saturated rings. The molecule has 0 bridgehead atoms. The largest absolute Gasteiger partial charge is 0.355 e. The number of hydrogen-bond acceptors (Lipinski definition) is 5. The quantitative estimate of drug-likeness (QED) is 0.642. The van der Waals surface area contributed by atoms with Crippen LogP contribution in [-0.4, -0.2) is 23.1 Å². The molecular formula is C11H20ClN5. The monoisotopic (exact) mass is 257 g/mol. The molecule has 0 spiro atoms. The van der Waals surface area contributed by atoms with Gasteiger partial charge in [-0.05, 0) is 12.3 Å². The summed E-state index contributed by atoms with van der Waals surface area (Å²) in [6.45, 7) is 8.65. The third kappa shape index (κ3) is 3.20. The fourth-order valence-electron chi connectivity index (χ4n) is 1.44. The SMILES string of the molecule is CC(N(C)c1nc(NN)ncc1Cl)C(C)(C)C. The standard InChI is InChI=1S/C11H20ClN5/c1-7(11(2,3)4)17(5)9-8(12)6-14-10(15-9)16-13/h6-7H,13H2,1-5H3,(H,14,15,16). The van der Waals surface area contributed by atoms with Crippen LogP contribution in [0.3, 0.4) is 0 Å². The molecule has 17 heavy (non-hydrogen) atoms. The first-order valence-corrected chi connectivity index (χ1v) is 5.87. The molecule has 5 nitrogen and oxygen atoms in total. The zero-order chi connectivity index (χ0) is 13.2. The van der Waals surface area contributed by atoms with E-state index in [1.54, 1.807) is 6.20 Å². The van der Waals surface area contributed by atoms with Crippen LogP contribution in [0.1, 0.15) is 27.7 Å². The Hall–Kier alpha value is -1.07. The summed E-state index contributed by atoms with van der Waals surface area (Å²) in [6, 6.07) is 0.278. The van der Waals surface area contributed by atoms with E-state index in [0.717, 1.165) is 0 Å². The normalized spacial score (nSPS) is 13.4. The average Bonchev–Trinajstić information content (AvgIpc) is 2.26. The van der Waals surface area contributed by atoms with E-state index in [1.807, 2.05) is 11.9 Å². The maximum Gasteiger partial charge on any atom is 0.239 e. The summed E-state index contributed by atoms with van der Waals surface area (Å²) in [5.74, 6) is 6.33. The van der Waals surface area contributed by atoms with E-state index >= 15 is 0 Å². The Balaban J connectivity index is 3.07. The highest BCUT2D eigenvalue weighted by Crippen LogP contribution is 2.30. The number of halogens is 1. The summed E-state index contributed by atoms with van der Waals surface area (Å²) in [5.41, 5.74) is 2.54. The Labute approximate surface area is 107 Å². The predicted octanol–water partition coefficient (Wildman–Crippen LogP) is 2.29. The van der Waals surface area contributed by atoms with Gasteiger partial charge in [0, 0.05) is 13.1 Å². The van der Waals surface area contributed by atoms with Crippen LogP contribution in [0.25, 0.3) is 0 Å². The number of aromatic nitrogens is 2. The number of nitrogens with zero attached hydrogens (tertiary/aromatic N) is 3. The Bertz CT molecular complexity index is 388. The molecule has 1 unspecified atom stereocenters. The summed E-state index contributed by atoms with van der Waals surface area (Å²) in [4.78, 5) is 10.3. The first-order valence-electron chi connectivity index (χ1n) is 5.49. The Morgan fingerprint density at radius 1 is 1.47 bits per heavy atom. The fourth-order valence-corrected chi connectivity index (χ4v) is 1.66. The van der Waals surface area contributed by atoms with Crippen LogP contribution in [-0.2, 0) is 0 Å². The molecule has 3 N–H and O–H groups in total. The van der Waals surface area contributed by atoms with Crippen LogP contribution < -0.4 is 16.2 Å². The first-order chi connectivity index (χ1) is 7.77. The van der Waals surface area contributed by atoms with Crippen LogP contribution in [0, 0.1) is 5.41 Å². The lowest BCUT2D eigenvalue weighted by atomic mass is 9.87. The lowest BCUT2D eigenvalue weighted by molar-refractivity contribution is 0.328. The van der Waals surface area contributed by atoms with Crippen LogP contribution in [0.2, 0.25) is 5.02 Å². The van der Waals surface area contributed by atoms with E-state index in [1.165, 1.54) is 0 Å². The average molecular weight is 258 g/mol. The first kappa shape index (κ1) is 14.0. The highest BCUT2D eigenvalue weighted by atomic mass is 35.5. The van der Waals surface area contributed by atoms with Crippen molar-refractivity contribution >= 4 is 23.4 Å². The molecule has 0 aliphatic carbocycles. The lowest BCUT2D eigenvalue weighted by Gasteiger charge is -2.36. The van der Waals surface area contributed by atoms with E-state index in [-0.39, 0.29) is 11.5 Å². The summed E-state index contributed by atoms with van der Waals surface area (Å²) in [6.07, 6.45) is 1.55. The summed E-state index contributed by atoms with van der Waals surface area (Å²) >= 11 is 6.11. The smallest absolute Gasteiger partial charge is 0.239 e. The zero-order valence-electron chi connectivity index (χ0n) is 11.0. The molecule has 1 atom stereocenters. The molecule has 0 aliphatic rings. The van der Waals surface area contributed by atoms with Gasteiger partial charge in [0.05, 0.1) is 6.20 Å². The molecule has 0 radical (unpaired) electrons. The zero-order valence-corrected chi connectivity index (χ0v) is 11.7. The number of anilines is 2. The van der Waals surface area contributed by atoms with E-state index < -0.39 is 0 Å².